The largest absolute Gasteiger partial charge is 0.465 e. The number of sulfone groups is 1. The SMILES string of the molecule is CCN(Cc1nc2c(N)nc3ccccc3c2n1CCCCN(C(=O)O)C1CS(=O)(=O)C1)C(=O)OCc1ccccc1. The Bertz CT molecular complexity index is 1700. The average molecular weight is 595 g/mol. The molecule has 2 amide bonds. The van der Waals surface area contributed by atoms with Crippen LogP contribution in [0.2, 0.25) is 0 Å². The first-order chi connectivity index (χ1) is 20.2. The van der Waals surface area contributed by atoms with Gasteiger partial charge in [0.15, 0.2) is 15.7 Å². The third kappa shape index (κ3) is 6.25. The number of ether oxygens (including phenoxy) is 1. The van der Waals surface area contributed by atoms with E-state index in [4.69, 9.17) is 15.5 Å². The smallest absolute Gasteiger partial charge is 0.410 e. The molecule has 0 unspecified atom stereocenters. The number of anilines is 1. The van der Waals surface area contributed by atoms with Crippen LogP contribution in [0.1, 0.15) is 31.2 Å². The van der Waals surface area contributed by atoms with E-state index in [1.54, 1.807) is 4.90 Å². The number of hydrogen-bond donors (Lipinski definition) is 2. The molecule has 42 heavy (non-hydrogen) atoms. The number of rotatable bonds is 11. The van der Waals surface area contributed by atoms with Gasteiger partial charge in [-0.3, -0.25) is 0 Å². The van der Waals surface area contributed by atoms with Crippen molar-refractivity contribution in [1.82, 2.24) is 24.3 Å². The molecule has 5 rings (SSSR count). The topological polar surface area (TPSA) is 161 Å². The average Bonchev–Trinajstić information content (AvgIpc) is 3.32. The number of carbonyl (C=O) groups excluding carboxylic acids is 1. The molecule has 4 aromatic rings. The van der Waals surface area contributed by atoms with Gasteiger partial charge in [-0.2, -0.15) is 0 Å². The maximum atomic E-state index is 13.0. The number of carbonyl (C=O) groups is 2. The van der Waals surface area contributed by atoms with Crippen LogP contribution in [0.5, 0.6) is 0 Å². The van der Waals surface area contributed by atoms with E-state index in [1.165, 1.54) is 4.90 Å². The highest BCUT2D eigenvalue weighted by atomic mass is 32.2. The van der Waals surface area contributed by atoms with Crippen LogP contribution in [0.3, 0.4) is 0 Å². The van der Waals surface area contributed by atoms with Crippen molar-refractivity contribution in [3.05, 3.63) is 66.0 Å². The molecule has 1 fully saturated rings. The second kappa shape index (κ2) is 12.2. The molecule has 13 heteroatoms. The Morgan fingerprint density at radius 1 is 1.07 bits per heavy atom. The van der Waals surface area contributed by atoms with Crippen molar-refractivity contribution in [2.24, 2.45) is 0 Å². The summed E-state index contributed by atoms with van der Waals surface area (Å²) >= 11 is 0. The lowest BCUT2D eigenvalue weighted by Crippen LogP contribution is -2.55. The Hall–Kier alpha value is -4.39. The molecular formula is C29H34N6O6S. The summed E-state index contributed by atoms with van der Waals surface area (Å²) in [6.07, 6.45) is -0.496. The molecule has 0 spiro atoms. The van der Waals surface area contributed by atoms with Gasteiger partial charge in [-0.15, -0.1) is 0 Å². The number of carboxylic acid groups (broad SMARTS) is 1. The van der Waals surface area contributed by atoms with Crippen LogP contribution in [-0.2, 0) is 34.3 Å². The highest BCUT2D eigenvalue weighted by Crippen LogP contribution is 2.30. The summed E-state index contributed by atoms with van der Waals surface area (Å²) in [4.78, 5) is 36.9. The Morgan fingerprint density at radius 3 is 2.48 bits per heavy atom. The van der Waals surface area contributed by atoms with Crippen LogP contribution in [-0.4, -0.2) is 80.7 Å². The molecule has 0 radical (unpaired) electrons. The van der Waals surface area contributed by atoms with E-state index in [1.807, 2.05) is 66.1 Å². The Morgan fingerprint density at radius 2 is 1.79 bits per heavy atom. The summed E-state index contributed by atoms with van der Waals surface area (Å²) in [5, 5.41) is 10.5. The van der Waals surface area contributed by atoms with Crippen molar-refractivity contribution in [2.75, 3.05) is 30.3 Å². The highest BCUT2D eigenvalue weighted by molar-refractivity contribution is 7.92. The van der Waals surface area contributed by atoms with Gasteiger partial charge < -0.3 is 29.9 Å². The number of aryl methyl sites for hydroxylation is 1. The quantitative estimate of drug-likeness (QED) is 0.246. The van der Waals surface area contributed by atoms with Crippen molar-refractivity contribution in [2.45, 2.75) is 45.5 Å². The van der Waals surface area contributed by atoms with E-state index in [-0.39, 0.29) is 37.0 Å². The molecule has 2 aromatic heterocycles. The molecule has 3 N–H and O–H groups in total. The molecule has 12 nitrogen and oxygen atoms in total. The molecule has 222 valence electrons. The van der Waals surface area contributed by atoms with E-state index < -0.39 is 28.1 Å². The summed E-state index contributed by atoms with van der Waals surface area (Å²) < 4.78 is 30.8. The van der Waals surface area contributed by atoms with Gasteiger partial charge in [-0.05, 0) is 31.4 Å². The van der Waals surface area contributed by atoms with Gasteiger partial charge in [0, 0.05) is 25.0 Å². The molecule has 0 saturated carbocycles. The monoisotopic (exact) mass is 594 g/mol. The number of pyridine rings is 1. The number of benzene rings is 2. The van der Waals surface area contributed by atoms with Gasteiger partial charge >= 0.3 is 12.2 Å². The van der Waals surface area contributed by atoms with Crippen molar-refractivity contribution in [3.8, 4) is 0 Å². The molecular weight excluding hydrogens is 560 g/mol. The molecule has 0 aliphatic carbocycles. The van der Waals surface area contributed by atoms with Crippen LogP contribution in [0.25, 0.3) is 21.9 Å². The third-order valence-electron chi connectivity index (χ3n) is 7.48. The van der Waals surface area contributed by atoms with Gasteiger partial charge in [-0.1, -0.05) is 48.5 Å². The van der Waals surface area contributed by atoms with Gasteiger partial charge in [0.25, 0.3) is 0 Å². The lowest BCUT2D eigenvalue weighted by atomic mass is 10.2. The maximum Gasteiger partial charge on any atom is 0.410 e. The molecule has 3 heterocycles. The van der Waals surface area contributed by atoms with Crippen LogP contribution in [0.4, 0.5) is 15.4 Å². The molecule has 1 saturated heterocycles. The first kappa shape index (κ1) is 29.1. The summed E-state index contributed by atoms with van der Waals surface area (Å²) in [6.45, 7) is 3.28. The van der Waals surface area contributed by atoms with Crippen LogP contribution in [0.15, 0.2) is 54.6 Å². The predicted molar refractivity (Wildman–Crippen MR) is 159 cm³/mol. The summed E-state index contributed by atoms with van der Waals surface area (Å²) in [6, 6.07) is 16.5. The fourth-order valence-corrected chi connectivity index (χ4v) is 6.69. The predicted octanol–water partition coefficient (Wildman–Crippen LogP) is 3.88. The Labute approximate surface area is 243 Å². The number of unbranched alkanes of at least 4 members (excludes halogenated alkanes) is 1. The normalized spacial score (nSPS) is 14.5. The number of nitrogens with zero attached hydrogens (tertiary/aromatic N) is 5. The second-order valence-corrected chi connectivity index (χ2v) is 12.5. The molecule has 0 bridgehead atoms. The summed E-state index contributed by atoms with van der Waals surface area (Å²) in [7, 11) is -3.15. The van der Waals surface area contributed by atoms with E-state index in [0.717, 1.165) is 16.5 Å². The highest BCUT2D eigenvalue weighted by Gasteiger charge is 2.39. The zero-order valence-electron chi connectivity index (χ0n) is 23.3. The Balaban J connectivity index is 1.38. The second-order valence-electron chi connectivity index (χ2n) is 10.4. The summed E-state index contributed by atoms with van der Waals surface area (Å²) in [5.74, 6) is 0.609. The number of fused-ring (bicyclic) bond motifs is 3. The first-order valence-electron chi connectivity index (χ1n) is 13.9. The number of aromatic nitrogens is 3. The Kier molecular flexibility index (Phi) is 8.48. The number of nitrogen functional groups attached to an aromatic ring is 1. The lowest BCUT2D eigenvalue weighted by molar-refractivity contribution is 0.0944. The van der Waals surface area contributed by atoms with Gasteiger partial charge in [0.05, 0.1) is 35.1 Å². The van der Waals surface area contributed by atoms with Crippen molar-refractivity contribution < 1.29 is 27.9 Å². The zero-order chi connectivity index (χ0) is 29.9. The van der Waals surface area contributed by atoms with Crippen molar-refractivity contribution in [1.29, 1.82) is 0 Å². The minimum atomic E-state index is -3.15. The van der Waals surface area contributed by atoms with E-state index in [9.17, 15) is 23.1 Å². The minimum absolute atomic E-state index is 0.138. The van der Waals surface area contributed by atoms with E-state index >= 15 is 0 Å². The van der Waals surface area contributed by atoms with Crippen molar-refractivity contribution >= 4 is 49.8 Å². The van der Waals surface area contributed by atoms with Gasteiger partial charge in [0.2, 0.25) is 0 Å². The molecule has 1 aliphatic heterocycles. The molecule has 1 aliphatic rings. The fraction of sp³-hybridized carbons (Fsp3) is 0.379. The molecule has 2 aromatic carbocycles. The number of imidazole rings is 1. The van der Waals surface area contributed by atoms with Gasteiger partial charge in [0.1, 0.15) is 17.9 Å². The lowest BCUT2D eigenvalue weighted by Gasteiger charge is -2.35. The summed E-state index contributed by atoms with van der Waals surface area (Å²) in [5.41, 5.74) is 9.26. The standard InChI is InChI=1S/C29H34N6O6S/c1-2-33(29(38)41-17-20-10-4-3-5-11-20)16-24-32-25-26(22-12-6-7-13-23(22)31-27(25)30)35(24)15-9-8-14-34(28(36)37)21-18-42(39,40)19-21/h3-7,10-13,21H,2,8-9,14-19H2,1H3,(H2,30,31)(H,36,37). The van der Waals surface area contributed by atoms with E-state index in [2.05, 4.69) is 4.98 Å². The molecule has 0 atom stereocenters. The number of nitrogens with two attached hydrogens (primary N) is 1. The minimum Gasteiger partial charge on any atom is -0.465 e. The zero-order valence-corrected chi connectivity index (χ0v) is 24.2. The number of para-hydroxylation sites is 1. The van der Waals surface area contributed by atoms with Crippen LogP contribution in [0, 0.1) is 0 Å². The van der Waals surface area contributed by atoms with Crippen LogP contribution >= 0.6 is 0 Å². The first-order valence-corrected chi connectivity index (χ1v) is 15.7. The number of hydrogen-bond acceptors (Lipinski definition) is 8. The van der Waals surface area contributed by atoms with Crippen LogP contribution < -0.4 is 5.73 Å². The fourth-order valence-electron chi connectivity index (χ4n) is 5.26. The number of amides is 2. The third-order valence-corrected chi connectivity index (χ3v) is 9.26. The van der Waals surface area contributed by atoms with Crippen molar-refractivity contribution in [3.63, 3.8) is 0 Å². The maximum absolute atomic E-state index is 13.0. The van der Waals surface area contributed by atoms with Gasteiger partial charge in [-0.25, -0.2) is 28.0 Å². The van der Waals surface area contributed by atoms with E-state index in [0.29, 0.717) is 42.8 Å².